The number of benzene rings is 2. The zero-order chi connectivity index (χ0) is 15.8. The first-order valence-electron chi connectivity index (χ1n) is 7.86. The van der Waals surface area contributed by atoms with Gasteiger partial charge in [-0.05, 0) is 52.9 Å². The number of fused-ring (bicyclic) bond motifs is 3. The van der Waals surface area contributed by atoms with E-state index in [9.17, 15) is 4.79 Å². The van der Waals surface area contributed by atoms with Gasteiger partial charge in [-0.3, -0.25) is 4.79 Å². The van der Waals surface area contributed by atoms with E-state index in [1.54, 1.807) is 6.07 Å². The van der Waals surface area contributed by atoms with Gasteiger partial charge in [0, 0.05) is 12.1 Å². The molecule has 3 nitrogen and oxygen atoms in total. The van der Waals surface area contributed by atoms with Gasteiger partial charge in [0.05, 0.1) is 0 Å². The van der Waals surface area contributed by atoms with Gasteiger partial charge in [-0.2, -0.15) is 0 Å². The van der Waals surface area contributed by atoms with Crippen molar-refractivity contribution in [3.05, 3.63) is 77.2 Å². The number of hydrogen-bond donors (Lipinski definition) is 1. The highest BCUT2D eigenvalue weighted by molar-refractivity contribution is 6.02. The third-order valence-electron chi connectivity index (χ3n) is 4.29. The van der Waals surface area contributed by atoms with Crippen molar-refractivity contribution in [3.63, 3.8) is 0 Å². The van der Waals surface area contributed by atoms with E-state index in [0.29, 0.717) is 5.76 Å². The van der Waals surface area contributed by atoms with Crippen LogP contribution in [0.15, 0.2) is 59.0 Å². The van der Waals surface area contributed by atoms with E-state index in [1.165, 1.54) is 22.3 Å². The Labute approximate surface area is 135 Å². The Morgan fingerprint density at radius 1 is 1.04 bits per heavy atom. The molecule has 3 heteroatoms. The second-order valence-electron chi connectivity index (χ2n) is 5.78. The van der Waals surface area contributed by atoms with Crippen molar-refractivity contribution in [1.29, 1.82) is 0 Å². The van der Waals surface area contributed by atoms with Crippen LogP contribution in [0.5, 0.6) is 0 Å². The molecule has 1 aromatic heterocycles. The Morgan fingerprint density at radius 2 is 1.87 bits per heavy atom. The van der Waals surface area contributed by atoms with Crippen LogP contribution >= 0.6 is 0 Å². The fourth-order valence-electron chi connectivity index (χ4n) is 3.11. The van der Waals surface area contributed by atoms with Crippen molar-refractivity contribution in [3.8, 4) is 11.1 Å². The van der Waals surface area contributed by atoms with E-state index < -0.39 is 0 Å². The molecule has 0 radical (unpaired) electrons. The zero-order valence-corrected chi connectivity index (χ0v) is 12.9. The molecule has 0 fully saturated rings. The summed E-state index contributed by atoms with van der Waals surface area (Å²) in [5, 5.41) is 2.92. The minimum Gasteiger partial charge on any atom is -0.456 e. The summed E-state index contributed by atoms with van der Waals surface area (Å²) in [5.74, 6) is 0.963. The van der Waals surface area contributed by atoms with E-state index in [2.05, 4.69) is 41.7 Å². The van der Waals surface area contributed by atoms with E-state index in [-0.39, 0.29) is 5.91 Å². The van der Waals surface area contributed by atoms with Gasteiger partial charge in [0.15, 0.2) is 5.76 Å². The van der Waals surface area contributed by atoms with Crippen LogP contribution in [0.25, 0.3) is 11.1 Å². The van der Waals surface area contributed by atoms with Crippen LogP contribution in [-0.4, -0.2) is 5.91 Å². The Kier molecular flexibility index (Phi) is 3.27. The van der Waals surface area contributed by atoms with Crippen LogP contribution in [0.3, 0.4) is 0 Å². The average Bonchev–Trinajstić information content (AvgIpc) is 3.18. The molecule has 114 valence electrons. The van der Waals surface area contributed by atoms with E-state index >= 15 is 0 Å². The molecule has 4 rings (SSSR count). The third kappa shape index (κ3) is 2.44. The third-order valence-corrected chi connectivity index (χ3v) is 4.29. The lowest BCUT2D eigenvalue weighted by Crippen LogP contribution is -2.11. The van der Waals surface area contributed by atoms with Crippen molar-refractivity contribution in [2.24, 2.45) is 0 Å². The van der Waals surface area contributed by atoms with E-state index in [0.717, 1.165) is 24.3 Å². The topological polar surface area (TPSA) is 42.2 Å². The quantitative estimate of drug-likeness (QED) is 0.598. The maximum Gasteiger partial charge on any atom is 0.291 e. The predicted octanol–water partition coefficient (Wildman–Crippen LogP) is 4.67. The summed E-state index contributed by atoms with van der Waals surface area (Å²) in [5.41, 5.74) is 5.93. The normalized spacial score (nSPS) is 11.9. The molecule has 3 aromatic rings. The molecule has 1 heterocycles. The van der Waals surface area contributed by atoms with Crippen molar-refractivity contribution < 1.29 is 9.21 Å². The largest absolute Gasteiger partial charge is 0.456 e. The second-order valence-corrected chi connectivity index (χ2v) is 5.78. The number of amides is 1. The maximum absolute atomic E-state index is 12.3. The first kappa shape index (κ1) is 13.8. The van der Waals surface area contributed by atoms with Crippen molar-refractivity contribution >= 4 is 11.6 Å². The maximum atomic E-state index is 12.3. The summed E-state index contributed by atoms with van der Waals surface area (Å²) in [6, 6.07) is 18.1. The van der Waals surface area contributed by atoms with Crippen molar-refractivity contribution in [1.82, 2.24) is 0 Å². The van der Waals surface area contributed by atoms with Gasteiger partial charge in [-0.1, -0.05) is 37.3 Å². The predicted molar refractivity (Wildman–Crippen MR) is 90.7 cm³/mol. The number of carbonyl (C=O) groups is 1. The van der Waals surface area contributed by atoms with Gasteiger partial charge < -0.3 is 9.73 Å². The van der Waals surface area contributed by atoms with E-state index in [4.69, 9.17) is 4.42 Å². The van der Waals surface area contributed by atoms with Gasteiger partial charge in [-0.25, -0.2) is 0 Å². The van der Waals surface area contributed by atoms with Crippen LogP contribution in [0, 0.1) is 0 Å². The molecular formula is C20H17NO2. The molecule has 0 atom stereocenters. The summed E-state index contributed by atoms with van der Waals surface area (Å²) in [6.07, 6.45) is 1.69. The molecule has 1 amide bonds. The Hall–Kier alpha value is -2.81. The monoisotopic (exact) mass is 303 g/mol. The SMILES string of the molecule is CCc1ccc(C(=O)Nc2ccc3c(c2)Cc2ccccc2-3)o1. The summed E-state index contributed by atoms with van der Waals surface area (Å²) < 4.78 is 5.50. The minimum atomic E-state index is -0.208. The lowest BCUT2D eigenvalue weighted by Gasteiger charge is -2.06. The fraction of sp³-hybridized carbons (Fsp3) is 0.150. The van der Waals surface area contributed by atoms with Crippen molar-refractivity contribution in [2.45, 2.75) is 19.8 Å². The van der Waals surface area contributed by atoms with Crippen LogP contribution in [0.4, 0.5) is 5.69 Å². The second kappa shape index (κ2) is 5.43. The highest BCUT2D eigenvalue weighted by Crippen LogP contribution is 2.37. The molecule has 0 saturated heterocycles. The number of carbonyl (C=O) groups excluding carboxylic acids is 1. The summed E-state index contributed by atoms with van der Waals surface area (Å²) in [4.78, 5) is 12.3. The molecule has 0 spiro atoms. The molecule has 1 aliphatic rings. The Morgan fingerprint density at radius 3 is 2.70 bits per heavy atom. The van der Waals surface area contributed by atoms with Crippen LogP contribution < -0.4 is 5.32 Å². The zero-order valence-electron chi connectivity index (χ0n) is 12.9. The average molecular weight is 303 g/mol. The van der Waals surface area contributed by atoms with Gasteiger partial charge in [0.1, 0.15) is 5.76 Å². The molecule has 2 aromatic carbocycles. The molecule has 0 unspecified atom stereocenters. The molecule has 1 aliphatic carbocycles. The fourth-order valence-corrected chi connectivity index (χ4v) is 3.11. The summed E-state index contributed by atoms with van der Waals surface area (Å²) in [7, 11) is 0. The van der Waals surface area contributed by atoms with Crippen LogP contribution in [0.1, 0.15) is 34.4 Å². The number of hydrogen-bond acceptors (Lipinski definition) is 2. The van der Waals surface area contributed by atoms with Gasteiger partial charge in [0.2, 0.25) is 0 Å². The standard InChI is InChI=1S/C20H17NO2/c1-2-16-8-10-19(23-16)20(22)21-15-7-9-18-14(12-15)11-13-5-3-4-6-17(13)18/h3-10,12H,2,11H2,1H3,(H,21,22). The molecular weight excluding hydrogens is 286 g/mol. The smallest absolute Gasteiger partial charge is 0.291 e. The molecule has 0 saturated carbocycles. The lowest BCUT2D eigenvalue weighted by atomic mass is 10.1. The van der Waals surface area contributed by atoms with Gasteiger partial charge in [0.25, 0.3) is 5.91 Å². The summed E-state index contributed by atoms with van der Waals surface area (Å²) >= 11 is 0. The van der Waals surface area contributed by atoms with E-state index in [1.807, 2.05) is 19.1 Å². The number of rotatable bonds is 3. The first-order valence-corrected chi connectivity index (χ1v) is 7.86. The minimum absolute atomic E-state index is 0.208. The summed E-state index contributed by atoms with van der Waals surface area (Å²) in [6.45, 7) is 2.00. The molecule has 0 bridgehead atoms. The molecule has 23 heavy (non-hydrogen) atoms. The van der Waals surface area contributed by atoms with Crippen LogP contribution in [0.2, 0.25) is 0 Å². The highest BCUT2D eigenvalue weighted by Gasteiger charge is 2.18. The molecule has 1 N–H and O–H groups in total. The first-order chi connectivity index (χ1) is 11.2. The molecule has 0 aliphatic heterocycles. The van der Waals surface area contributed by atoms with Crippen molar-refractivity contribution in [2.75, 3.05) is 5.32 Å². The number of nitrogens with one attached hydrogen (secondary N) is 1. The number of anilines is 1. The van der Waals surface area contributed by atoms with Crippen LogP contribution in [-0.2, 0) is 12.8 Å². The van der Waals surface area contributed by atoms with Gasteiger partial charge in [-0.15, -0.1) is 0 Å². The number of furan rings is 1. The highest BCUT2D eigenvalue weighted by atomic mass is 16.3. The lowest BCUT2D eigenvalue weighted by molar-refractivity contribution is 0.0995. The number of aryl methyl sites for hydroxylation is 1. The Bertz CT molecular complexity index is 892. The Balaban J connectivity index is 1.58. The van der Waals surface area contributed by atoms with Gasteiger partial charge >= 0.3 is 0 Å².